The predicted octanol–water partition coefficient (Wildman–Crippen LogP) is 2.08. The van der Waals surface area contributed by atoms with Gasteiger partial charge in [-0.05, 0) is 30.3 Å². The van der Waals surface area contributed by atoms with Crippen molar-refractivity contribution in [3.63, 3.8) is 0 Å². The molecule has 0 spiro atoms. The Kier molecular flexibility index (Phi) is 4.71. The Bertz CT molecular complexity index is 617. The van der Waals surface area contributed by atoms with Crippen molar-refractivity contribution < 1.29 is 19.0 Å². The molecule has 1 heterocycles. The summed E-state index contributed by atoms with van der Waals surface area (Å²) in [5, 5.41) is 9.30. The molecule has 0 bridgehead atoms. The number of aromatic hydroxyl groups is 1. The fourth-order valence-corrected chi connectivity index (χ4v) is 1.70. The maximum absolute atomic E-state index is 12.7. The predicted molar refractivity (Wildman–Crippen MR) is 74.8 cm³/mol. The lowest BCUT2D eigenvalue weighted by Gasteiger charge is -2.17. The summed E-state index contributed by atoms with van der Waals surface area (Å²) in [7, 11) is 1.63. The second kappa shape index (κ2) is 6.69. The van der Waals surface area contributed by atoms with Crippen molar-refractivity contribution in [2.45, 2.75) is 0 Å². The van der Waals surface area contributed by atoms with Gasteiger partial charge >= 0.3 is 0 Å². The van der Waals surface area contributed by atoms with Crippen LogP contribution in [-0.2, 0) is 0 Å². The summed E-state index contributed by atoms with van der Waals surface area (Å²) < 4.78 is 18.1. The van der Waals surface area contributed by atoms with Crippen LogP contribution in [0.3, 0.4) is 0 Å². The number of halogens is 1. The first-order valence-electron chi connectivity index (χ1n) is 6.34. The highest BCUT2D eigenvalue weighted by Crippen LogP contribution is 2.12. The zero-order valence-corrected chi connectivity index (χ0v) is 11.5. The first-order chi connectivity index (χ1) is 10.1. The topological polar surface area (TPSA) is 62.7 Å². The van der Waals surface area contributed by atoms with E-state index >= 15 is 0 Å². The van der Waals surface area contributed by atoms with Gasteiger partial charge in [-0.3, -0.25) is 9.78 Å². The summed E-state index contributed by atoms with van der Waals surface area (Å²) >= 11 is 0. The van der Waals surface area contributed by atoms with Gasteiger partial charge in [-0.1, -0.05) is 0 Å². The van der Waals surface area contributed by atoms with E-state index in [4.69, 9.17) is 4.74 Å². The highest BCUT2D eigenvalue weighted by Gasteiger charge is 2.12. The fourth-order valence-electron chi connectivity index (χ4n) is 1.70. The third-order valence-electron chi connectivity index (χ3n) is 2.83. The minimum absolute atomic E-state index is 0.0585. The molecule has 6 heteroatoms. The number of likely N-dealkylation sites (N-methyl/N-ethyl adjacent to an activating group) is 1. The summed E-state index contributed by atoms with van der Waals surface area (Å²) in [5.41, 5.74) is 0.305. The molecule has 0 atom stereocenters. The van der Waals surface area contributed by atoms with Crippen molar-refractivity contribution in [3.8, 4) is 11.5 Å². The first-order valence-corrected chi connectivity index (χ1v) is 6.34. The third-order valence-corrected chi connectivity index (χ3v) is 2.83. The molecular formula is C15H15FN2O3. The molecule has 2 rings (SSSR count). The lowest BCUT2D eigenvalue weighted by atomic mass is 10.2. The molecule has 0 aliphatic carbocycles. The largest absolute Gasteiger partial charge is 0.506 e. The van der Waals surface area contributed by atoms with Gasteiger partial charge in [-0.25, -0.2) is 4.39 Å². The van der Waals surface area contributed by atoms with Crippen molar-refractivity contribution in [3.05, 3.63) is 54.1 Å². The van der Waals surface area contributed by atoms with Gasteiger partial charge in [0.05, 0.1) is 18.3 Å². The maximum Gasteiger partial charge on any atom is 0.255 e. The Labute approximate surface area is 121 Å². The average molecular weight is 290 g/mol. The monoisotopic (exact) mass is 290 g/mol. The quantitative estimate of drug-likeness (QED) is 0.915. The molecule has 1 aromatic heterocycles. The Morgan fingerprint density at radius 3 is 2.71 bits per heavy atom. The van der Waals surface area contributed by atoms with Crippen LogP contribution in [0, 0.1) is 5.82 Å². The van der Waals surface area contributed by atoms with Gasteiger partial charge < -0.3 is 14.7 Å². The number of carbonyl (C=O) groups excluding carboxylic acids is 1. The van der Waals surface area contributed by atoms with Crippen LogP contribution < -0.4 is 4.74 Å². The first kappa shape index (κ1) is 14.8. The number of hydrogen-bond acceptors (Lipinski definition) is 4. The molecule has 0 fully saturated rings. The normalized spacial score (nSPS) is 10.2. The van der Waals surface area contributed by atoms with E-state index in [1.807, 2.05) is 0 Å². The van der Waals surface area contributed by atoms with E-state index in [2.05, 4.69) is 4.98 Å². The number of rotatable bonds is 5. The lowest BCUT2D eigenvalue weighted by molar-refractivity contribution is 0.0773. The zero-order valence-electron chi connectivity index (χ0n) is 11.5. The Morgan fingerprint density at radius 1 is 1.33 bits per heavy atom. The average Bonchev–Trinajstić information content (AvgIpc) is 2.48. The van der Waals surface area contributed by atoms with E-state index in [9.17, 15) is 14.3 Å². The van der Waals surface area contributed by atoms with E-state index in [1.54, 1.807) is 7.05 Å². The van der Waals surface area contributed by atoms with Crippen LogP contribution in [-0.4, -0.2) is 41.1 Å². The number of benzene rings is 1. The SMILES string of the molecule is CN(CCOc1ccc(F)cc1)C(=O)c1cncc(O)c1. The van der Waals surface area contributed by atoms with Crippen molar-refractivity contribution in [2.75, 3.05) is 20.2 Å². The van der Waals surface area contributed by atoms with Crippen LogP contribution in [0.5, 0.6) is 11.5 Å². The Morgan fingerprint density at radius 2 is 2.05 bits per heavy atom. The molecule has 0 radical (unpaired) electrons. The molecule has 0 unspecified atom stereocenters. The van der Waals surface area contributed by atoms with E-state index in [0.717, 1.165) is 0 Å². The van der Waals surface area contributed by atoms with Gasteiger partial charge in [0.15, 0.2) is 0 Å². The highest BCUT2D eigenvalue weighted by atomic mass is 19.1. The van der Waals surface area contributed by atoms with Gasteiger partial charge in [0.2, 0.25) is 0 Å². The molecule has 2 aromatic rings. The lowest BCUT2D eigenvalue weighted by Crippen LogP contribution is -2.30. The van der Waals surface area contributed by atoms with Crippen molar-refractivity contribution in [1.29, 1.82) is 0 Å². The number of nitrogens with zero attached hydrogens (tertiary/aromatic N) is 2. The second-order valence-corrected chi connectivity index (χ2v) is 4.46. The maximum atomic E-state index is 12.7. The number of pyridine rings is 1. The Hall–Kier alpha value is -2.63. The molecule has 0 aliphatic heterocycles. The molecule has 1 amide bonds. The molecular weight excluding hydrogens is 275 g/mol. The van der Waals surface area contributed by atoms with Gasteiger partial charge in [0, 0.05) is 13.2 Å². The smallest absolute Gasteiger partial charge is 0.255 e. The van der Waals surface area contributed by atoms with Gasteiger partial charge in [-0.2, -0.15) is 0 Å². The number of amides is 1. The van der Waals surface area contributed by atoms with Crippen LogP contribution in [0.2, 0.25) is 0 Å². The zero-order chi connectivity index (χ0) is 15.2. The van der Waals surface area contributed by atoms with Crippen molar-refractivity contribution in [2.24, 2.45) is 0 Å². The summed E-state index contributed by atoms with van der Waals surface area (Å²) in [6.07, 6.45) is 2.65. The molecule has 1 aromatic carbocycles. The van der Waals surface area contributed by atoms with Gasteiger partial charge in [-0.15, -0.1) is 0 Å². The van der Waals surface area contributed by atoms with E-state index in [1.165, 1.54) is 47.6 Å². The van der Waals surface area contributed by atoms with Crippen LogP contribution in [0.1, 0.15) is 10.4 Å². The van der Waals surface area contributed by atoms with Gasteiger partial charge in [0.25, 0.3) is 5.91 Å². The summed E-state index contributed by atoms with van der Waals surface area (Å²) in [4.78, 5) is 17.3. The van der Waals surface area contributed by atoms with E-state index in [-0.39, 0.29) is 24.1 Å². The van der Waals surface area contributed by atoms with Crippen molar-refractivity contribution in [1.82, 2.24) is 9.88 Å². The van der Waals surface area contributed by atoms with Crippen LogP contribution in [0.25, 0.3) is 0 Å². The number of hydrogen-bond donors (Lipinski definition) is 1. The fraction of sp³-hybridized carbons (Fsp3) is 0.200. The standard InChI is InChI=1S/C15H15FN2O3/c1-18(15(20)11-8-13(19)10-17-9-11)6-7-21-14-4-2-12(16)3-5-14/h2-5,8-10,19H,6-7H2,1H3. The molecule has 0 aliphatic rings. The molecule has 0 saturated heterocycles. The van der Waals surface area contributed by atoms with Crippen molar-refractivity contribution >= 4 is 5.91 Å². The molecule has 5 nitrogen and oxygen atoms in total. The van der Waals surface area contributed by atoms with Crippen LogP contribution in [0.4, 0.5) is 4.39 Å². The summed E-state index contributed by atoms with van der Waals surface area (Å²) in [6.45, 7) is 0.631. The number of ether oxygens (including phenoxy) is 1. The molecule has 0 saturated carbocycles. The second-order valence-electron chi connectivity index (χ2n) is 4.46. The summed E-state index contributed by atoms with van der Waals surface area (Å²) in [6, 6.07) is 7.02. The molecule has 1 N–H and O–H groups in total. The number of aromatic nitrogens is 1. The highest BCUT2D eigenvalue weighted by molar-refractivity contribution is 5.94. The van der Waals surface area contributed by atoms with E-state index < -0.39 is 0 Å². The van der Waals surface area contributed by atoms with E-state index in [0.29, 0.717) is 17.9 Å². The Balaban J connectivity index is 1.85. The molecule has 21 heavy (non-hydrogen) atoms. The molecule has 110 valence electrons. The summed E-state index contributed by atoms with van der Waals surface area (Å²) in [5.74, 6) is -0.111. The number of carbonyl (C=O) groups is 1. The minimum Gasteiger partial charge on any atom is -0.506 e. The van der Waals surface area contributed by atoms with Crippen LogP contribution >= 0.6 is 0 Å². The third kappa shape index (κ3) is 4.17. The minimum atomic E-state index is -0.328. The van der Waals surface area contributed by atoms with Gasteiger partial charge in [0.1, 0.15) is 23.9 Å². The van der Waals surface area contributed by atoms with Crippen LogP contribution in [0.15, 0.2) is 42.7 Å².